The molecule has 0 unspecified atom stereocenters. The fraction of sp³-hybridized carbons (Fsp3) is 0.150. The van der Waals surface area contributed by atoms with Crippen molar-refractivity contribution in [1.82, 2.24) is 24.4 Å². The van der Waals surface area contributed by atoms with Crippen LogP contribution in [0.25, 0.3) is 17.2 Å². The molecule has 2 aromatic carbocycles. The van der Waals surface area contributed by atoms with E-state index in [1.54, 1.807) is 23.9 Å². The van der Waals surface area contributed by atoms with Crippen LogP contribution >= 0.6 is 27.5 Å². The van der Waals surface area contributed by atoms with Gasteiger partial charge >= 0.3 is 0 Å². The number of halogens is 1. The number of hydrogen-bond acceptors (Lipinski definition) is 7. The normalized spacial score (nSPS) is 10.8. The Morgan fingerprint density at radius 2 is 1.93 bits per heavy atom. The van der Waals surface area contributed by atoms with Gasteiger partial charge in [0, 0.05) is 21.6 Å². The lowest BCUT2D eigenvalue weighted by molar-refractivity contribution is 0.102. The van der Waals surface area contributed by atoms with Gasteiger partial charge in [-0.05, 0) is 55.8 Å². The van der Waals surface area contributed by atoms with Crippen molar-refractivity contribution in [3.05, 3.63) is 63.8 Å². The van der Waals surface area contributed by atoms with Gasteiger partial charge in [-0.3, -0.25) is 10.1 Å². The maximum Gasteiger partial charge on any atom is 0.257 e. The number of carbonyl (C=O) groups is 1. The number of anilines is 1. The Balaban J connectivity index is 1.60. The van der Waals surface area contributed by atoms with E-state index in [1.807, 2.05) is 44.2 Å². The molecule has 1 N–H and O–H groups in total. The third-order valence-electron chi connectivity index (χ3n) is 4.42. The van der Waals surface area contributed by atoms with Gasteiger partial charge in [-0.1, -0.05) is 27.2 Å². The van der Waals surface area contributed by atoms with Crippen LogP contribution in [0.3, 0.4) is 0 Å². The molecule has 0 radical (unpaired) electrons. The number of amides is 1. The molecule has 0 aliphatic heterocycles. The molecule has 0 aliphatic carbocycles. The minimum absolute atomic E-state index is 0.255. The summed E-state index contributed by atoms with van der Waals surface area (Å²) in [4.78, 5) is 16.8. The number of methoxy groups -OCH3 is 1. The van der Waals surface area contributed by atoms with E-state index in [0.29, 0.717) is 28.0 Å². The summed E-state index contributed by atoms with van der Waals surface area (Å²) in [6.07, 6.45) is 0. The lowest BCUT2D eigenvalue weighted by atomic mass is 10.2. The first-order valence-corrected chi connectivity index (χ1v) is 10.5. The van der Waals surface area contributed by atoms with Gasteiger partial charge in [-0.2, -0.15) is 9.36 Å². The zero-order chi connectivity index (χ0) is 21.3. The van der Waals surface area contributed by atoms with Gasteiger partial charge in [-0.15, -0.1) is 5.10 Å². The lowest BCUT2D eigenvalue weighted by Crippen LogP contribution is -2.11. The van der Waals surface area contributed by atoms with E-state index in [0.717, 1.165) is 32.9 Å². The molecule has 30 heavy (non-hydrogen) atoms. The van der Waals surface area contributed by atoms with Crippen LogP contribution in [0.2, 0.25) is 0 Å². The van der Waals surface area contributed by atoms with Gasteiger partial charge in [0.25, 0.3) is 5.91 Å². The van der Waals surface area contributed by atoms with Crippen LogP contribution in [0.5, 0.6) is 5.75 Å². The summed E-state index contributed by atoms with van der Waals surface area (Å²) in [7, 11) is 1.61. The van der Waals surface area contributed by atoms with E-state index in [-0.39, 0.29) is 5.91 Å². The highest BCUT2D eigenvalue weighted by Crippen LogP contribution is 2.28. The number of benzene rings is 2. The Hall–Kier alpha value is -3.11. The molecular weight excluding hydrogens is 468 g/mol. The average molecular weight is 485 g/mol. The van der Waals surface area contributed by atoms with E-state index < -0.39 is 0 Å². The van der Waals surface area contributed by atoms with Crippen LogP contribution in [-0.2, 0) is 0 Å². The van der Waals surface area contributed by atoms with Crippen LogP contribution in [-0.4, -0.2) is 37.4 Å². The van der Waals surface area contributed by atoms with Crippen molar-refractivity contribution in [1.29, 1.82) is 0 Å². The van der Waals surface area contributed by atoms with E-state index in [4.69, 9.17) is 4.74 Å². The summed E-state index contributed by atoms with van der Waals surface area (Å²) in [5.41, 5.74) is 3.70. The molecule has 2 aromatic heterocycles. The van der Waals surface area contributed by atoms with Crippen molar-refractivity contribution in [2.45, 2.75) is 13.8 Å². The first-order valence-electron chi connectivity index (χ1n) is 8.94. The van der Waals surface area contributed by atoms with Gasteiger partial charge in [0.05, 0.1) is 12.8 Å². The van der Waals surface area contributed by atoms with Crippen LogP contribution in [0.1, 0.15) is 21.6 Å². The van der Waals surface area contributed by atoms with Crippen molar-refractivity contribution < 1.29 is 9.53 Å². The Bertz CT molecular complexity index is 1220. The molecule has 4 rings (SSSR count). The van der Waals surface area contributed by atoms with E-state index in [2.05, 4.69) is 40.9 Å². The summed E-state index contributed by atoms with van der Waals surface area (Å²) >= 11 is 4.44. The molecule has 0 fully saturated rings. The fourth-order valence-corrected chi connectivity index (χ4v) is 3.70. The maximum atomic E-state index is 12.4. The van der Waals surface area contributed by atoms with Gasteiger partial charge in [0.1, 0.15) is 11.4 Å². The molecule has 8 nitrogen and oxygen atoms in total. The number of ether oxygens (including phenoxy) is 1. The molecule has 1 amide bonds. The highest BCUT2D eigenvalue weighted by atomic mass is 79.9. The second-order valence-corrected chi connectivity index (χ2v) is 8.16. The Labute approximate surface area is 185 Å². The number of rotatable bonds is 5. The minimum Gasteiger partial charge on any atom is -0.494 e. The van der Waals surface area contributed by atoms with E-state index in [1.165, 1.54) is 0 Å². The molecule has 0 saturated carbocycles. The van der Waals surface area contributed by atoms with Crippen molar-refractivity contribution >= 4 is 38.5 Å². The summed E-state index contributed by atoms with van der Waals surface area (Å²) < 4.78 is 12.4. The predicted octanol–water partition coefficient (Wildman–Crippen LogP) is 4.43. The molecule has 0 saturated heterocycles. The number of nitrogens with zero attached hydrogens (tertiary/aromatic N) is 5. The third kappa shape index (κ3) is 3.96. The monoisotopic (exact) mass is 484 g/mol. The molecule has 10 heteroatoms. The smallest absolute Gasteiger partial charge is 0.257 e. The summed E-state index contributed by atoms with van der Waals surface area (Å²) in [5, 5.41) is 11.7. The second kappa shape index (κ2) is 8.33. The average Bonchev–Trinajstić information content (AvgIpc) is 3.34. The quantitative estimate of drug-likeness (QED) is 0.450. The zero-order valence-electron chi connectivity index (χ0n) is 16.4. The van der Waals surface area contributed by atoms with Crippen molar-refractivity contribution in [2.75, 3.05) is 12.4 Å². The molecule has 152 valence electrons. The molecule has 0 aliphatic rings. The fourth-order valence-electron chi connectivity index (χ4n) is 2.87. The highest BCUT2D eigenvalue weighted by Gasteiger charge is 2.19. The SMILES string of the molecule is COc1ccc(C)cc1-n1nnc(-c2nsc(NC(=O)c3ccc(Br)cc3)n2)c1C. The number of hydrogen-bond donors (Lipinski definition) is 1. The van der Waals surface area contributed by atoms with Crippen LogP contribution in [0.15, 0.2) is 46.9 Å². The Morgan fingerprint density at radius 3 is 2.67 bits per heavy atom. The topological polar surface area (TPSA) is 94.8 Å². The molecule has 0 spiro atoms. The number of aromatic nitrogens is 5. The zero-order valence-corrected chi connectivity index (χ0v) is 18.8. The van der Waals surface area contributed by atoms with Gasteiger partial charge < -0.3 is 4.74 Å². The molecule has 4 aromatic rings. The van der Waals surface area contributed by atoms with Gasteiger partial charge in [0.15, 0.2) is 11.5 Å². The summed E-state index contributed by atoms with van der Waals surface area (Å²) in [6, 6.07) is 12.9. The van der Waals surface area contributed by atoms with Gasteiger partial charge in [0.2, 0.25) is 5.13 Å². The summed E-state index contributed by atoms with van der Waals surface area (Å²) in [5.74, 6) is 0.838. The molecule has 2 heterocycles. The van der Waals surface area contributed by atoms with E-state index in [9.17, 15) is 4.79 Å². The summed E-state index contributed by atoms with van der Waals surface area (Å²) in [6.45, 7) is 3.89. The Kier molecular flexibility index (Phi) is 5.60. The maximum absolute atomic E-state index is 12.4. The third-order valence-corrected chi connectivity index (χ3v) is 5.58. The lowest BCUT2D eigenvalue weighted by Gasteiger charge is -2.10. The van der Waals surface area contributed by atoms with E-state index >= 15 is 0 Å². The van der Waals surface area contributed by atoms with Crippen LogP contribution < -0.4 is 10.1 Å². The largest absolute Gasteiger partial charge is 0.494 e. The molecular formula is C20H17BrN6O2S. The van der Waals surface area contributed by atoms with Crippen molar-refractivity contribution in [2.24, 2.45) is 0 Å². The number of aryl methyl sites for hydroxylation is 1. The Morgan fingerprint density at radius 1 is 1.17 bits per heavy atom. The predicted molar refractivity (Wildman–Crippen MR) is 118 cm³/mol. The molecule has 0 atom stereocenters. The van der Waals surface area contributed by atoms with Crippen molar-refractivity contribution in [3.63, 3.8) is 0 Å². The first kappa shape index (κ1) is 20.2. The van der Waals surface area contributed by atoms with Crippen LogP contribution in [0, 0.1) is 13.8 Å². The number of nitrogens with one attached hydrogen (secondary N) is 1. The van der Waals surface area contributed by atoms with Gasteiger partial charge in [-0.25, -0.2) is 4.68 Å². The standard InChI is InChI=1S/C20H17BrN6O2S/c1-11-4-9-16(29-3)15(10-11)27-12(2)17(24-26-27)18-22-20(30-25-18)23-19(28)13-5-7-14(21)8-6-13/h4-10H,1-3H3,(H,22,23,25,28). The van der Waals surface area contributed by atoms with Crippen LogP contribution in [0.4, 0.5) is 5.13 Å². The number of carbonyl (C=O) groups excluding carboxylic acids is 1. The molecule has 0 bridgehead atoms. The minimum atomic E-state index is -0.255. The second-order valence-electron chi connectivity index (χ2n) is 6.49. The van der Waals surface area contributed by atoms with Crippen molar-refractivity contribution in [3.8, 4) is 23.0 Å². The highest BCUT2D eigenvalue weighted by molar-refractivity contribution is 9.10. The first-order chi connectivity index (χ1) is 14.5.